The molecule has 1 aromatic heterocycles. The van der Waals surface area contributed by atoms with Crippen LogP contribution in [0, 0.1) is 31.6 Å². The van der Waals surface area contributed by atoms with Gasteiger partial charge in [0.05, 0.1) is 5.69 Å². The molecule has 226 valence electrons. The molecule has 4 bridgehead atoms. The normalized spacial score (nSPS) is 26.5. The number of hydrogen-bond acceptors (Lipinski definition) is 3. The Kier molecular flexibility index (Phi) is 6.45. The van der Waals surface area contributed by atoms with Crippen molar-refractivity contribution in [3.8, 4) is 16.8 Å². The molecule has 4 amide bonds. The van der Waals surface area contributed by atoms with E-state index in [1.54, 1.807) is 6.08 Å². The highest BCUT2D eigenvalue weighted by Gasteiger charge is 2.51. The SMILES string of the molecule is Cc1cc(/C=C2/C(=O)NC(=O)N(c3ccc(C45CC6CC(CC(C6)C4)C5)cc3)C2=O)c(C)n1-c1ccc(-c2ccccc2)cc1. The first kappa shape index (κ1) is 27.8. The Bertz CT molecular complexity index is 1830. The van der Waals surface area contributed by atoms with Gasteiger partial charge >= 0.3 is 6.03 Å². The Hall–Kier alpha value is -4.71. The van der Waals surface area contributed by atoms with E-state index < -0.39 is 17.8 Å². The molecule has 6 nitrogen and oxygen atoms in total. The Morgan fingerprint density at radius 3 is 1.93 bits per heavy atom. The number of carbonyl (C=O) groups is 3. The molecule has 4 saturated carbocycles. The molecule has 1 saturated heterocycles. The van der Waals surface area contributed by atoms with Crippen LogP contribution in [0.2, 0.25) is 0 Å². The highest BCUT2D eigenvalue weighted by atomic mass is 16.2. The number of anilines is 1. The van der Waals surface area contributed by atoms with Crippen LogP contribution < -0.4 is 10.2 Å². The van der Waals surface area contributed by atoms with Gasteiger partial charge in [-0.05, 0) is 134 Å². The molecular formula is C39H37N3O3. The first-order valence-electron chi connectivity index (χ1n) is 16.1. The zero-order valence-corrected chi connectivity index (χ0v) is 25.8. The lowest BCUT2D eigenvalue weighted by Crippen LogP contribution is -2.54. The van der Waals surface area contributed by atoms with E-state index in [-0.39, 0.29) is 11.0 Å². The second-order valence-electron chi connectivity index (χ2n) is 13.8. The number of hydrogen-bond donors (Lipinski definition) is 1. The quantitative estimate of drug-likeness (QED) is 0.188. The Labute approximate surface area is 263 Å². The van der Waals surface area contributed by atoms with Crippen molar-refractivity contribution in [1.29, 1.82) is 0 Å². The molecule has 0 spiro atoms. The molecule has 45 heavy (non-hydrogen) atoms. The summed E-state index contributed by atoms with van der Waals surface area (Å²) in [5.74, 6) is 1.21. The standard InChI is InChI=1S/C39H37N3O3/c1-24-16-31(25(2)41(24)33-12-8-30(9-13-33)29-6-4-3-5-7-29)20-35-36(43)40-38(45)42(37(35)44)34-14-10-32(11-15-34)39-21-26-17-27(22-39)19-28(18-26)23-39/h3-16,20,26-28H,17-19,21-23H2,1-2H3,(H,40,43,45)/b35-20-. The largest absolute Gasteiger partial charge is 0.335 e. The molecule has 1 N–H and O–H groups in total. The van der Waals surface area contributed by atoms with Crippen molar-refractivity contribution in [2.45, 2.75) is 57.8 Å². The lowest BCUT2D eigenvalue weighted by Gasteiger charge is -2.57. The fourth-order valence-corrected chi connectivity index (χ4v) is 9.24. The van der Waals surface area contributed by atoms with Crippen molar-refractivity contribution >= 4 is 29.6 Å². The van der Waals surface area contributed by atoms with Crippen LogP contribution in [0.1, 0.15) is 61.0 Å². The summed E-state index contributed by atoms with van der Waals surface area (Å²) in [7, 11) is 0. The Balaban J connectivity index is 1.07. The van der Waals surface area contributed by atoms with Gasteiger partial charge in [0, 0.05) is 17.1 Å². The van der Waals surface area contributed by atoms with Crippen LogP contribution in [0.4, 0.5) is 10.5 Å². The molecule has 3 aromatic carbocycles. The lowest BCUT2D eigenvalue weighted by molar-refractivity contribution is -0.122. The van der Waals surface area contributed by atoms with Gasteiger partial charge < -0.3 is 4.57 Å². The third-order valence-electron chi connectivity index (χ3n) is 10.9. The molecule has 5 fully saturated rings. The summed E-state index contributed by atoms with van der Waals surface area (Å²) in [5.41, 5.74) is 7.88. The van der Waals surface area contributed by atoms with Crippen LogP contribution in [0.25, 0.3) is 22.9 Å². The van der Waals surface area contributed by atoms with E-state index in [1.165, 1.54) is 44.1 Å². The number of rotatable bonds is 5. The van der Waals surface area contributed by atoms with E-state index in [1.807, 2.05) is 50.2 Å². The Morgan fingerprint density at radius 1 is 0.733 bits per heavy atom. The fraction of sp³-hybridized carbons (Fsp3) is 0.308. The van der Waals surface area contributed by atoms with Crippen molar-refractivity contribution in [2.75, 3.05) is 4.90 Å². The van der Waals surface area contributed by atoms with E-state index in [2.05, 4.69) is 58.4 Å². The molecule has 4 aromatic rings. The first-order chi connectivity index (χ1) is 21.8. The molecular weight excluding hydrogens is 558 g/mol. The summed E-state index contributed by atoms with van der Waals surface area (Å²) in [6.07, 6.45) is 9.50. The van der Waals surface area contributed by atoms with Gasteiger partial charge in [0.2, 0.25) is 0 Å². The molecule has 5 aliphatic rings. The number of imide groups is 2. The summed E-state index contributed by atoms with van der Waals surface area (Å²) < 4.78 is 2.11. The third kappa shape index (κ3) is 4.66. The van der Waals surface area contributed by atoms with Crippen LogP contribution in [-0.4, -0.2) is 22.4 Å². The van der Waals surface area contributed by atoms with Crippen molar-refractivity contribution < 1.29 is 14.4 Å². The summed E-state index contributed by atoms with van der Waals surface area (Å²) in [5, 5.41) is 2.40. The van der Waals surface area contributed by atoms with Gasteiger partial charge in [-0.1, -0.05) is 54.6 Å². The number of carbonyl (C=O) groups excluding carboxylic acids is 3. The van der Waals surface area contributed by atoms with Crippen LogP contribution in [0.3, 0.4) is 0 Å². The maximum atomic E-state index is 13.8. The smallest absolute Gasteiger partial charge is 0.318 e. The molecule has 0 atom stereocenters. The lowest BCUT2D eigenvalue weighted by atomic mass is 9.48. The molecule has 4 aliphatic carbocycles. The van der Waals surface area contributed by atoms with Crippen molar-refractivity contribution in [1.82, 2.24) is 9.88 Å². The van der Waals surface area contributed by atoms with Crippen LogP contribution in [0.5, 0.6) is 0 Å². The van der Waals surface area contributed by atoms with Gasteiger partial charge in [-0.15, -0.1) is 0 Å². The number of amides is 4. The molecule has 0 unspecified atom stereocenters. The van der Waals surface area contributed by atoms with Crippen molar-refractivity contribution in [3.63, 3.8) is 0 Å². The van der Waals surface area contributed by atoms with Crippen LogP contribution in [0.15, 0.2) is 90.5 Å². The molecule has 0 radical (unpaired) electrons. The predicted molar refractivity (Wildman–Crippen MR) is 176 cm³/mol. The average Bonchev–Trinajstić information content (AvgIpc) is 3.31. The average molecular weight is 596 g/mol. The fourth-order valence-electron chi connectivity index (χ4n) is 9.24. The third-order valence-corrected chi connectivity index (χ3v) is 10.9. The van der Waals surface area contributed by atoms with Gasteiger partial charge in [0.1, 0.15) is 5.57 Å². The van der Waals surface area contributed by atoms with E-state index in [0.29, 0.717) is 5.69 Å². The number of nitrogens with zero attached hydrogens (tertiary/aromatic N) is 2. The highest BCUT2D eigenvalue weighted by molar-refractivity contribution is 6.39. The monoisotopic (exact) mass is 595 g/mol. The minimum Gasteiger partial charge on any atom is -0.318 e. The summed E-state index contributed by atoms with van der Waals surface area (Å²) in [6.45, 7) is 3.98. The van der Waals surface area contributed by atoms with Gasteiger partial charge in [-0.25, -0.2) is 9.69 Å². The van der Waals surface area contributed by atoms with Gasteiger partial charge in [0.25, 0.3) is 11.8 Å². The maximum Gasteiger partial charge on any atom is 0.335 e. The number of urea groups is 1. The second-order valence-corrected chi connectivity index (χ2v) is 13.8. The first-order valence-corrected chi connectivity index (χ1v) is 16.1. The highest BCUT2D eigenvalue weighted by Crippen LogP contribution is 2.60. The molecule has 2 heterocycles. The Morgan fingerprint density at radius 2 is 1.31 bits per heavy atom. The van der Waals surface area contributed by atoms with Crippen molar-refractivity contribution in [2.24, 2.45) is 17.8 Å². The van der Waals surface area contributed by atoms with E-state index in [9.17, 15) is 14.4 Å². The summed E-state index contributed by atoms with van der Waals surface area (Å²) in [6, 6.07) is 27.8. The van der Waals surface area contributed by atoms with Gasteiger partial charge in [-0.3, -0.25) is 14.9 Å². The predicted octanol–water partition coefficient (Wildman–Crippen LogP) is 7.90. The number of benzene rings is 3. The minimum absolute atomic E-state index is 0.0561. The number of aromatic nitrogens is 1. The summed E-state index contributed by atoms with van der Waals surface area (Å²) >= 11 is 0. The zero-order chi connectivity index (χ0) is 30.9. The molecule has 1 aliphatic heterocycles. The van der Waals surface area contributed by atoms with Gasteiger partial charge in [0.15, 0.2) is 0 Å². The molecule has 9 rings (SSSR count). The zero-order valence-electron chi connectivity index (χ0n) is 25.8. The number of nitrogens with one attached hydrogen (secondary N) is 1. The van der Waals surface area contributed by atoms with E-state index in [4.69, 9.17) is 0 Å². The van der Waals surface area contributed by atoms with Gasteiger partial charge in [-0.2, -0.15) is 0 Å². The number of barbiturate groups is 1. The van der Waals surface area contributed by atoms with E-state index in [0.717, 1.165) is 56.4 Å². The minimum atomic E-state index is -0.714. The summed E-state index contributed by atoms with van der Waals surface area (Å²) in [4.78, 5) is 40.9. The van der Waals surface area contributed by atoms with Crippen LogP contribution in [-0.2, 0) is 15.0 Å². The topological polar surface area (TPSA) is 71.4 Å². The number of aryl methyl sites for hydroxylation is 1. The van der Waals surface area contributed by atoms with Crippen molar-refractivity contribution in [3.05, 3.63) is 113 Å². The second kappa shape index (κ2) is 10.4. The maximum absolute atomic E-state index is 13.8. The van der Waals surface area contributed by atoms with E-state index >= 15 is 0 Å². The van der Waals surface area contributed by atoms with Crippen LogP contribution >= 0.6 is 0 Å². The molecule has 6 heteroatoms.